The summed E-state index contributed by atoms with van der Waals surface area (Å²) >= 11 is 0. The topological polar surface area (TPSA) is 55.3 Å². The first-order valence-corrected chi connectivity index (χ1v) is 19.7. The molecule has 0 bridgehead atoms. The van der Waals surface area contributed by atoms with E-state index < -0.39 is 0 Å². The van der Waals surface area contributed by atoms with Crippen LogP contribution in [0.5, 0.6) is 0 Å². The number of benzene rings is 8. The molecule has 58 heavy (non-hydrogen) atoms. The number of nitrogens with zero attached hydrogens (tertiary/aromatic N) is 3. The van der Waals surface area contributed by atoms with Crippen LogP contribution in [-0.2, 0) is 5.41 Å². The minimum absolute atomic E-state index is 0.161. The predicted octanol–water partition coefficient (Wildman–Crippen LogP) is 14.5. The molecule has 0 atom stereocenters. The van der Waals surface area contributed by atoms with Crippen LogP contribution in [0.15, 0.2) is 185 Å². The Morgan fingerprint density at radius 3 is 2.03 bits per heavy atom. The van der Waals surface area contributed by atoms with E-state index in [2.05, 4.69) is 158 Å². The summed E-state index contributed by atoms with van der Waals surface area (Å²) in [5, 5.41) is 5.19. The van der Waals surface area contributed by atoms with Gasteiger partial charge in [-0.3, -0.25) is 0 Å². The zero-order chi connectivity index (χ0) is 38.5. The number of furan rings is 2. The summed E-state index contributed by atoms with van der Waals surface area (Å²) in [7, 11) is 0. The van der Waals surface area contributed by atoms with Crippen LogP contribution in [-0.4, -0.2) is 9.97 Å². The van der Waals surface area contributed by atoms with Gasteiger partial charge in [-0.2, -0.15) is 0 Å². The van der Waals surface area contributed by atoms with Crippen molar-refractivity contribution >= 4 is 71.8 Å². The van der Waals surface area contributed by atoms with Gasteiger partial charge in [0, 0.05) is 44.1 Å². The Hall–Kier alpha value is -7.50. The van der Waals surface area contributed by atoms with Crippen molar-refractivity contribution in [2.75, 3.05) is 4.90 Å². The Morgan fingerprint density at radius 2 is 1.17 bits per heavy atom. The van der Waals surface area contributed by atoms with Gasteiger partial charge in [-0.05, 0) is 87.6 Å². The first-order chi connectivity index (χ1) is 28.5. The van der Waals surface area contributed by atoms with Crippen molar-refractivity contribution in [1.29, 1.82) is 0 Å². The average molecular weight is 746 g/mol. The summed E-state index contributed by atoms with van der Waals surface area (Å²) in [6, 6.07) is 61.7. The number of rotatable bonds is 5. The maximum Gasteiger partial charge on any atom is 0.180 e. The van der Waals surface area contributed by atoms with Gasteiger partial charge in [-0.1, -0.05) is 135 Å². The highest BCUT2D eigenvalue weighted by atomic mass is 16.3. The van der Waals surface area contributed by atoms with Crippen LogP contribution in [0.25, 0.3) is 88.6 Å². The lowest BCUT2D eigenvalue weighted by atomic mass is 9.82. The van der Waals surface area contributed by atoms with E-state index >= 15 is 0 Å². The van der Waals surface area contributed by atoms with E-state index in [0.29, 0.717) is 11.4 Å². The Kier molecular flexibility index (Phi) is 6.91. The van der Waals surface area contributed by atoms with Crippen molar-refractivity contribution < 1.29 is 8.83 Å². The Labute approximate surface area is 334 Å². The number of hydrogen-bond acceptors (Lipinski definition) is 5. The molecule has 0 fully saturated rings. The van der Waals surface area contributed by atoms with E-state index in [1.165, 1.54) is 22.3 Å². The largest absolute Gasteiger partial charge is 0.454 e. The summed E-state index contributed by atoms with van der Waals surface area (Å²) in [5.74, 6) is 0.605. The molecule has 1 aliphatic rings. The van der Waals surface area contributed by atoms with Crippen molar-refractivity contribution in [3.8, 4) is 33.8 Å². The van der Waals surface area contributed by atoms with Gasteiger partial charge in [0.15, 0.2) is 17.0 Å². The zero-order valence-electron chi connectivity index (χ0n) is 31.9. The molecule has 274 valence electrons. The molecule has 0 N–H and O–H groups in total. The summed E-state index contributed by atoms with van der Waals surface area (Å²) in [4.78, 5) is 13.0. The van der Waals surface area contributed by atoms with Gasteiger partial charge in [0.1, 0.15) is 22.4 Å². The highest BCUT2D eigenvalue weighted by molar-refractivity contribution is 6.25. The second-order valence-electron chi connectivity index (χ2n) is 15.7. The molecule has 1 aliphatic carbocycles. The number of para-hydroxylation sites is 2. The molecule has 3 heterocycles. The van der Waals surface area contributed by atoms with Crippen molar-refractivity contribution in [3.63, 3.8) is 0 Å². The van der Waals surface area contributed by atoms with Gasteiger partial charge >= 0.3 is 0 Å². The van der Waals surface area contributed by atoms with Gasteiger partial charge in [0.2, 0.25) is 0 Å². The van der Waals surface area contributed by atoms with Crippen molar-refractivity contribution in [3.05, 3.63) is 187 Å². The molecule has 3 aromatic heterocycles. The Bertz CT molecular complexity index is 3430. The molecule has 0 radical (unpaired) electrons. The zero-order valence-corrected chi connectivity index (χ0v) is 31.9. The van der Waals surface area contributed by atoms with Crippen LogP contribution < -0.4 is 4.90 Å². The molecule has 0 unspecified atom stereocenters. The Morgan fingerprint density at radius 1 is 0.483 bits per heavy atom. The molecule has 0 amide bonds. The van der Waals surface area contributed by atoms with Gasteiger partial charge in [-0.25, -0.2) is 9.97 Å². The van der Waals surface area contributed by atoms with Gasteiger partial charge < -0.3 is 13.7 Å². The van der Waals surface area contributed by atoms with Crippen LogP contribution in [0.3, 0.4) is 0 Å². The number of fused-ring (bicyclic) bond motifs is 11. The van der Waals surface area contributed by atoms with E-state index in [-0.39, 0.29) is 5.41 Å². The van der Waals surface area contributed by atoms with Crippen LogP contribution in [0, 0.1) is 0 Å². The SMILES string of the molecule is CC1(C)c2ccccc2-c2ccc(N(c3ccccc3)c3ccc(-c4nc(-c5ccccc5)c5oc6ccccc6c5n4)c4c3oc3ccc5ccccc5c34)cc21. The fourth-order valence-corrected chi connectivity index (χ4v) is 9.33. The van der Waals surface area contributed by atoms with E-state index in [9.17, 15) is 0 Å². The third-order valence-electron chi connectivity index (χ3n) is 12.1. The molecule has 11 aromatic rings. The van der Waals surface area contributed by atoms with Gasteiger partial charge in [0.05, 0.1) is 5.69 Å². The lowest BCUT2D eigenvalue weighted by molar-refractivity contribution is 0.660. The molecule has 0 aliphatic heterocycles. The van der Waals surface area contributed by atoms with E-state index in [1.54, 1.807) is 0 Å². The molecular formula is C53H35N3O2. The standard InChI is InChI=1S/C53H35N3O2/c1-53(2)41-23-13-11-21-37(41)38-27-26-35(31-42(38)53)56(34-18-7-4-8-19-34)43-29-28-40(47-46-36-20-10-9-15-32(36)25-30-45(46)58-50(43)47)52-54-48(33-16-5-3-6-17-33)51-49(55-52)39-22-12-14-24-44(39)57-51/h3-31H,1-2H3. The first-order valence-electron chi connectivity index (χ1n) is 19.7. The van der Waals surface area contributed by atoms with Crippen LogP contribution in [0.4, 0.5) is 17.1 Å². The van der Waals surface area contributed by atoms with E-state index in [0.717, 1.165) is 83.1 Å². The molecule has 0 saturated carbocycles. The fraction of sp³-hybridized carbons (Fsp3) is 0.0566. The van der Waals surface area contributed by atoms with Crippen LogP contribution in [0.1, 0.15) is 25.0 Å². The predicted molar refractivity (Wildman–Crippen MR) is 237 cm³/mol. The fourth-order valence-electron chi connectivity index (χ4n) is 9.33. The van der Waals surface area contributed by atoms with Crippen molar-refractivity contribution in [2.45, 2.75) is 19.3 Å². The van der Waals surface area contributed by atoms with Gasteiger partial charge in [0.25, 0.3) is 0 Å². The third kappa shape index (κ3) is 4.71. The van der Waals surface area contributed by atoms with E-state index in [1.807, 2.05) is 36.4 Å². The Balaban J connectivity index is 1.17. The number of anilines is 3. The van der Waals surface area contributed by atoms with Crippen LogP contribution in [0.2, 0.25) is 0 Å². The van der Waals surface area contributed by atoms with Crippen molar-refractivity contribution in [1.82, 2.24) is 9.97 Å². The normalized spacial score (nSPS) is 13.1. The monoisotopic (exact) mass is 745 g/mol. The second kappa shape index (κ2) is 12.2. The smallest absolute Gasteiger partial charge is 0.180 e. The second-order valence-corrected chi connectivity index (χ2v) is 15.7. The molecule has 5 heteroatoms. The van der Waals surface area contributed by atoms with Crippen molar-refractivity contribution in [2.24, 2.45) is 0 Å². The molecular weight excluding hydrogens is 711 g/mol. The first kappa shape index (κ1) is 32.7. The summed E-state index contributed by atoms with van der Waals surface area (Å²) < 4.78 is 13.6. The molecule has 0 saturated heterocycles. The maximum absolute atomic E-state index is 7.10. The molecule has 8 aromatic carbocycles. The maximum atomic E-state index is 7.10. The summed E-state index contributed by atoms with van der Waals surface area (Å²) in [6.07, 6.45) is 0. The minimum Gasteiger partial charge on any atom is -0.454 e. The van der Waals surface area contributed by atoms with Gasteiger partial charge in [-0.15, -0.1) is 0 Å². The summed E-state index contributed by atoms with van der Waals surface area (Å²) in [5.41, 5.74) is 14.5. The molecule has 12 rings (SSSR count). The lowest BCUT2D eigenvalue weighted by Gasteiger charge is -2.28. The minimum atomic E-state index is -0.161. The molecule has 0 spiro atoms. The van der Waals surface area contributed by atoms with Crippen LogP contribution >= 0.6 is 0 Å². The number of aromatic nitrogens is 2. The highest BCUT2D eigenvalue weighted by Crippen LogP contribution is 2.52. The summed E-state index contributed by atoms with van der Waals surface area (Å²) in [6.45, 7) is 4.66. The molecule has 5 nitrogen and oxygen atoms in total. The highest BCUT2D eigenvalue weighted by Gasteiger charge is 2.36. The number of hydrogen-bond donors (Lipinski definition) is 0. The van der Waals surface area contributed by atoms with E-state index in [4.69, 9.17) is 18.8 Å². The quantitative estimate of drug-likeness (QED) is 0.176. The lowest BCUT2D eigenvalue weighted by Crippen LogP contribution is -2.16. The average Bonchev–Trinajstić information content (AvgIpc) is 3.93. The third-order valence-corrected chi connectivity index (χ3v) is 12.1.